The van der Waals surface area contributed by atoms with Gasteiger partial charge in [0, 0.05) is 19.6 Å². The average molecular weight is 365 g/mol. The van der Waals surface area contributed by atoms with Crippen LogP contribution in [0.4, 0.5) is 4.79 Å². The molecule has 0 radical (unpaired) electrons. The molecular formula is C17H23N3O4S. The zero-order chi connectivity index (χ0) is 18.2. The van der Waals surface area contributed by atoms with Crippen molar-refractivity contribution in [3.05, 3.63) is 29.8 Å². The third-order valence-corrected chi connectivity index (χ3v) is 6.84. The minimum atomic E-state index is -3.58. The summed E-state index contributed by atoms with van der Waals surface area (Å²) in [6.45, 7) is 4.61. The molecule has 2 heterocycles. The first-order chi connectivity index (χ1) is 11.8. The van der Waals surface area contributed by atoms with Crippen molar-refractivity contribution in [3.63, 3.8) is 0 Å². The number of amides is 3. The molecule has 8 heteroatoms. The lowest BCUT2D eigenvalue weighted by Gasteiger charge is -2.36. The van der Waals surface area contributed by atoms with Gasteiger partial charge in [-0.05, 0) is 38.3 Å². The van der Waals surface area contributed by atoms with Gasteiger partial charge in [-0.15, -0.1) is 0 Å². The summed E-state index contributed by atoms with van der Waals surface area (Å²) < 4.78 is 26.9. The largest absolute Gasteiger partial charge is 0.325 e. The molecular weight excluding hydrogens is 342 g/mol. The Hall–Kier alpha value is -1.93. The summed E-state index contributed by atoms with van der Waals surface area (Å²) in [7, 11) is -3.58. The highest BCUT2D eigenvalue weighted by molar-refractivity contribution is 7.89. The van der Waals surface area contributed by atoms with Crippen molar-refractivity contribution < 1.29 is 18.0 Å². The third kappa shape index (κ3) is 3.04. The van der Waals surface area contributed by atoms with Crippen LogP contribution in [0.25, 0.3) is 0 Å². The Bertz CT molecular complexity index is 781. The number of benzene rings is 1. The fourth-order valence-electron chi connectivity index (χ4n) is 3.41. The lowest BCUT2D eigenvalue weighted by Crippen LogP contribution is -2.55. The van der Waals surface area contributed by atoms with E-state index in [-0.39, 0.29) is 29.9 Å². The number of imide groups is 1. The van der Waals surface area contributed by atoms with Gasteiger partial charge in [0.05, 0.1) is 4.90 Å². The van der Waals surface area contributed by atoms with Gasteiger partial charge in [-0.2, -0.15) is 4.31 Å². The van der Waals surface area contributed by atoms with Crippen LogP contribution in [-0.2, 0) is 14.8 Å². The fourth-order valence-corrected chi connectivity index (χ4v) is 4.85. The van der Waals surface area contributed by atoms with Gasteiger partial charge in [-0.1, -0.05) is 24.6 Å². The van der Waals surface area contributed by atoms with Gasteiger partial charge in [0.2, 0.25) is 10.0 Å². The first kappa shape index (κ1) is 17.9. The molecule has 0 aliphatic carbocycles. The second-order valence-electron chi connectivity index (χ2n) is 6.69. The van der Waals surface area contributed by atoms with Crippen LogP contribution in [0, 0.1) is 6.92 Å². The topological polar surface area (TPSA) is 86.8 Å². The predicted octanol–water partition coefficient (Wildman–Crippen LogP) is 1.48. The van der Waals surface area contributed by atoms with Crippen LogP contribution >= 0.6 is 0 Å². The van der Waals surface area contributed by atoms with Gasteiger partial charge in [-0.3, -0.25) is 9.69 Å². The predicted molar refractivity (Wildman–Crippen MR) is 92.4 cm³/mol. The second kappa shape index (κ2) is 6.42. The molecule has 1 N–H and O–H groups in total. The van der Waals surface area contributed by atoms with E-state index in [2.05, 4.69) is 5.32 Å². The molecule has 0 saturated carbocycles. The van der Waals surface area contributed by atoms with Crippen molar-refractivity contribution >= 4 is 22.0 Å². The van der Waals surface area contributed by atoms with E-state index in [9.17, 15) is 18.0 Å². The number of hydrogen-bond donors (Lipinski definition) is 1. The number of piperidine rings is 1. The zero-order valence-electron chi connectivity index (χ0n) is 14.5. The van der Waals surface area contributed by atoms with Crippen LogP contribution in [-0.4, -0.2) is 54.7 Å². The lowest BCUT2D eigenvalue weighted by atomic mass is 9.88. The van der Waals surface area contributed by atoms with Gasteiger partial charge >= 0.3 is 6.03 Å². The lowest BCUT2D eigenvalue weighted by molar-refractivity contribution is -0.132. The molecule has 1 aromatic carbocycles. The minimum absolute atomic E-state index is 0.211. The van der Waals surface area contributed by atoms with Crippen LogP contribution in [0.15, 0.2) is 29.2 Å². The van der Waals surface area contributed by atoms with Crippen LogP contribution in [0.5, 0.6) is 0 Å². The number of urea groups is 1. The molecule has 2 fully saturated rings. The van der Waals surface area contributed by atoms with Crippen molar-refractivity contribution in [2.24, 2.45) is 0 Å². The Morgan fingerprint density at radius 1 is 1.12 bits per heavy atom. The molecule has 0 bridgehead atoms. The van der Waals surface area contributed by atoms with Crippen LogP contribution < -0.4 is 5.32 Å². The minimum Gasteiger partial charge on any atom is -0.323 e. The van der Waals surface area contributed by atoms with E-state index in [1.165, 1.54) is 9.21 Å². The maximum Gasteiger partial charge on any atom is 0.325 e. The number of nitrogens with zero attached hydrogens (tertiary/aromatic N) is 2. The Kier molecular flexibility index (Phi) is 4.59. The highest BCUT2D eigenvalue weighted by Gasteiger charge is 2.53. The second-order valence-corrected chi connectivity index (χ2v) is 8.62. The van der Waals surface area contributed by atoms with Crippen molar-refractivity contribution in [2.75, 3.05) is 19.6 Å². The van der Waals surface area contributed by atoms with E-state index >= 15 is 0 Å². The van der Waals surface area contributed by atoms with E-state index < -0.39 is 15.6 Å². The first-order valence-electron chi connectivity index (χ1n) is 8.51. The van der Waals surface area contributed by atoms with Crippen molar-refractivity contribution in [2.45, 2.75) is 43.5 Å². The SMILES string of the molecule is CCCN1C(=O)NC2(CCN(S(=O)(=O)c3ccc(C)cc3)CC2)C1=O. The molecule has 0 atom stereocenters. The Morgan fingerprint density at radius 3 is 2.28 bits per heavy atom. The Balaban J connectivity index is 1.75. The standard InChI is InChI=1S/C17H23N3O4S/c1-3-10-20-15(21)17(18-16(20)22)8-11-19(12-9-17)25(23,24)14-6-4-13(2)5-7-14/h4-7H,3,8-12H2,1-2H3,(H,18,22). The molecule has 3 amide bonds. The molecule has 2 aliphatic heterocycles. The number of hydrogen-bond acceptors (Lipinski definition) is 4. The quantitative estimate of drug-likeness (QED) is 0.819. The molecule has 136 valence electrons. The summed E-state index contributed by atoms with van der Waals surface area (Å²) in [5, 5.41) is 2.79. The molecule has 2 saturated heterocycles. The summed E-state index contributed by atoms with van der Waals surface area (Å²) in [6.07, 6.45) is 1.29. The highest BCUT2D eigenvalue weighted by atomic mass is 32.2. The van der Waals surface area contributed by atoms with Gasteiger partial charge in [0.25, 0.3) is 5.91 Å². The van der Waals surface area contributed by atoms with Gasteiger partial charge in [0.15, 0.2) is 0 Å². The molecule has 1 spiro atoms. The molecule has 3 rings (SSSR count). The van der Waals surface area contributed by atoms with Crippen molar-refractivity contribution in [1.82, 2.24) is 14.5 Å². The maximum absolute atomic E-state index is 12.8. The average Bonchev–Trinajstić information content (AvgIpc) is 2.80. The van der Waals surface area contributed by atoms with Gasteiger partial charge < -0.3 is 5.32 Å². The van der Waals surface area contributed by atoms with Crippen LogP contribution in [0.1, 0.15) is 31.7 Å². The van der Waals surface area contributed by atoms with E-state index in [0.717, 1.165) is 5.56 Å². The normalized spacial score (nSPS) is 21.0. The Morgan fingerprint density at radius 2 is 1.72 bits per heavy atom. The molecule has 0 aromatic heterocycles. The molecule has 1 aromatic rings. The summed E-state index contributed by atoms with van der Waals surface area (Å²) in [5.74, 6) is -0.230. The monoisotopic (exact) mass is 365 g/mol. The van der Waals surface area contributed by atoms with E-state index in [4.69, 9.17) is 0 Å². The van der Waals surface area contributed by atoms with Gasteiger partial charge in [0.1, 0.15) is 5.54 Å². The van der Waals surface area contributed by atoms with Crippen LogP contribution in [0.3, 0.4) is 0 Å². The van der Waals surface area contributed by atoms with Crippen molar-refractivity contribution in [1.29, 1.82) is 0 Å². The Labute approximate surface area is 148 Å². The number of carbonyl (C=O) groups excluding carboxylic acids is 2. The molecule has 25 heavy (non-hydrogen) atoms. The van der Waals surface area contributed by atoms with E-state index in [1.54, 1.807) is 24.3 Å². The highest BCUT2D eigenvalue weighted by Crippen LogP contribution is 2.32. The molecule has 0 unspecified atom stereocenters. The molecule has 2 aliphatic rings. The van der Waals surface area contributed by atoms with E-state index in [0.29, 0.717) is 25.8 Å². The number of nitrogens with one attached hydrogen (secondary N) is 1. The summed E-state index contributed by atoms with van der Waals surface area (Å²) in [5.41, 5.74) is 0.0396. The number of sulfonamides is 1. The number of carbonyl (C=O) groups is 2. The maximum atomic E-state index is 12.8. The van der Waals surface area contributed by atoms with Crippen LogP contribution in [0.2, 0.25) is 0 Å². The zero-order valence-corrected chi connectivity index (χ0v) is 15.3. The van der Waals surface area contributed by atoms with Gasteiger partial charge in [-0.25, -0.2) is 13.2 Å². The third-order valence-electron chi connectivity index (χ3n) is 4.93. The smallest absolute Gasteiger partial charge is 0.323 e. The number of rotatable bonds is 4. The van der Waals surface area contributed by atoms with E-state index in [1.807, 2.05) is 13.8 Å². The fraction of sp³-hybridized carbons (Fsp3) is 0.529. The summed E-state index contributed by atoms with van der Waals surface area (Å²) in [4.78, 5) is 26.2. The summed E-state index contributed by atoms with van der Waals surface area (Å²) >= 11 is 0. The first-order valence-corrected chi connectivity index (χ1v) is 9.95. The number of aryl methyl sites for hydroxylation is 1. The van der Waals surface area contributed by atoms with Crippen molar-refractivity contribution in [3.8, 4) is 0 Å². The summed E-state index contributed by atoms with van der Waals surface area (Å²) in [6, 6.07) is 6.35. The molecule has 7 nitrogen and oxygen atoms in total.